The van der Waals surface area contributed by atoms with Crippen molar-refractivity contribution in [2.75, 3.05) is 37.7 Å². The number of ether oxygens (including phenoxy) is 1. The molecule has 1 aromatic carbocycles. The fourth-order valence-electron chi connectivity index (χ4n) is 3.69. The lowest BCUT2D eigenvalue weighted by Gasteiger charge is -2.18. The molecule has 32 heavy (non-hydrogen) atoms. The van der Waals surface area contributed by atoms with Crippen LogP contribution in [0.15, 0.2) is 53.9 Å². The van der Waals surface area contributed by atoms with E-state index in [4.69, 9.17) is 9.57 Å². The second-order valence-electron chi connectivity index (χ2n) is 7.77. The van der Waals surface area contributed by atoms with Gasteiger partial charge in [0.05, 0.1) is 12.3 Å². The summed E-state index contributed by atoms with van der Waals surface area (Å²) in [4.78, 5) is 25.6. The van der Waals surface area contributed by atoms with Crippen molar-refractivity contribution in [3.05, 3.63) is 54.4 Å². The molecule has 0 aliphatic carbocycles. The van der Waals surface area contributed by atoms with Crippen molar-refractivity contribution in [2.45, 2.75) is 46.0 Å². The van der Waals surface area contributed by atoms with Crippen LogP contribution in [0.25, 0.3) is 0 Å². The molecule has 1 aromatic heterocycles. The topological polar surface area (TPSA) is 67.3 Å². The van der Waals surface area contributed by atoms with Gasteiger partial charge >= 0.3 is 6.03 Å². The molecule has 172 valence electrons. The van der Waals surface area contributed by atoms with Gasteiger partial charge in [-0.25, -0.2) is 4.79 Å². The van der Waals surface area contributed by atoms with Crippen molar-refractivity contribution in [1.29, 1.82) is 0 Å². The highest BCUT2D eigenvalue weighted by Crippen LogP contribution is 2.20. The summed E-state index contributed by atoms with van der Waals surface area (Å²) in [5.74, 6) is 0.865. The van der Waals surface area contributed by atoms with Crippen LogP contribution in [0.5, 0.6) is 5.75 Å². The summed E-state index contributed by atoms with van der Waals surface area (Å²) in [6.07, 6.45) is 8.32. The lowest BCUT2D eigenvalue weighted by atomic mass is 10.1. The Morgan fingerprint density at radius 3 is 2.53 bits per heavy atom. The van der Waals surface area contributed by atoms with Gasteiger partial charge in [0, 0.05) is 37.7 Å². The van der Waals surface area contributed by atoms with Gasteiger partial charge in [0.25, 0.3) is 0 Å². The molecule has 0 atom stereocenters. The number of aromatic nitrogens is 1. The van der Waals surface area contributed by atoms with E-state index < -0.39 is 0 Å². The van der Waals surface area contributed by atoms with Crippen LogP contribution >= 0.6 is 0 Å². The monoisotopic (exact) mass is 438 g/mol. The Balaban J connectivity index is 1.34. The Kier molecular flexibility index (Phi) is 9.35. The molecule has 2 aromatic rings. The molecule has 2 heterocycles. The highest BCUT2D eigenvalue weighted by atomic mass is 16.6. The minimum atomic E-state index is 0.0860. The number of carbonyl (C=O) groups is 1. The molecular weight excluding hydrogens is 404 g/mol. The first-order valence-electron chi connectivity index (χ1n) is 11.6. The van der Waals surface area contributed by atoms with Crippen LogP contribution < -0.4 is 9.64 Å². The lowest BCUT2D eigenvalue weighted by molar-refractivity contribution is 0.158. The summed E-state index contributed by atoms with van der Waals surface area (Å²) in [6.45, 7) is 7.61. The molecule has 1 aliphatic rings. The molecule has 7 nitrogen and oxygen atoms in total. The molecule has 0 N–H and O–H groups in total. The first-order chi connectivity index (χ1) is 15.7. The van der Waals surface area contributed by atoms with Crippen LogP contribution in [0.3, 0.4) is 0 Å². The second kappa shape index (κ2) is 12.7. The summed E-state index contributed by atoms with van der Waals surface area (Å²) in [5.41, 5.74) is 2.96. The number of anilines is 1. The minimum absolute atomic E-state index is 0.0860. The zero-order valence-corrected chi connectivity index (χ0v) is 19.2. The number of oxime groups is 1. The SMILES string of the molecule is CCC/C(=N\OCC)c1ccc(OCCCCCN2CCN(c3ccncc3)C2=O)cc1. The zero-order valence-electron chi connectivity index (χ0n) is 19.2. The van der Waals surface area contributed by atoms with Gasteiger partial charge in [-0.1, -0.05) is 18.5 Å². The molecule has 7 heteroatoms. The van der Waals surface area contributed by atoms with E-state index in [2.05, 4.69) is 17.1 Å². The number of hydrogen-bond donors (Lipinski definition) is 0. The van der Waals surface area contributed by atoms with Crippen molar-refractivity contribution < 1.29 is 14.4 Å². The van der Waals surface area contributed by atoms with Gasteiger partial charge in [0.1, 0.15) is 12.4 Å². The number of benzene rings is 1. The average Bonchev–Trinajstić information content (AvgIpc) is 3.20. The molecule has 2 amide bonds. The van der Waals surface area contributed by atoms with Crippen LogP contribution in [0.4, 0.5) is 10.5 Å². The highest BCUT2D eigenvalue weighted by molar-refractivity contribution is 6.00. The maximum absolute atomic E-state index is 12.6. The summed E-state index contributed by atoms with van der Waals surface area (Å²) in [7, 11) is 0. The van der Waals surface area contributed by atoms with E-state index in [1.165, 1.54) is 0 Å². The van der Waals surface area contributed by atoms with Gasteiger partial charge in [-0.05, 0) is 74.6 Å². The van der Waals surface area contributed by atoms with Gasteiger partial charge in [-0.15, -0.1) is 0 Å². The van der Waals surface area contributed by atoms with E-state index in [-0.39, 0.29) is 6.03 Å². The number of hydrogen-bond acceptors (Lipinski definition) is 5. The highest BCUT2D eigenvalue weighted by Gasteiger charge is 2.28. The van der Waals surface area contributed by atoms with Crippen molar-refractivity contribution >= 4 is 17.4 Å². The van der Waals surface area contributed by atoms with Gasteiger partial charge in [-0.2, -0.15) is 0 Å². The molecule has 0 saturated carbocycles. The van der Waals surface area contributed by atoms with Gasteiger partial charge in [-0.3, -0.25) is 9.88 Å². The number of amides is 2. The molecular formula is C25H34N4O3. The Labute approximate surface area is 191 Å². The first-order valence-corrected chi connectivity index (χ1v) is 11.6. The lowest BCUT2D eigenvalue weighted by Crippen LogP contribution is -2.32. The summed E-state index contributed by atoms with van der Waals surface area (Å²) in [6, 6.07) is 11.9. The molecule has 0 spiro atoms. The number of unbranched alkanes of at least 4 members (excludes halogenated alkanes) is 2. The van der Waals surface area contributed by atoms with E-state index in [9.17, 15) is 4.79 Å². The second-order valence-corrected chi connectivity index (χ2v) is 7.77. The third kappa shape index (κ3) is 6.70. The number of rotatable bonds is 13. The third-order valence-electron chi connectivity index (χ3n) is 5.39. The van der Waals surface area contributed by atoms with E-state index in [1.54, 1.807) is 12.4 Å². The molecule has 1 fully saturated rings. The van der Waals surface area contributed by atoms with Crippen molar-refractivity contribution in [3.8, 4) is 5.75 Å². The predicted molar refractivity (Wildman–Crippen MR) is 127 cm³/mol. The van der Waals surface area contributed by atoms with E-state index in [1.807, 2.05) is 53.1 Å². The Bertz CT molecular complexity index is 855. The molecule has 0 unspecified atom stereocenters. The third-order valence-corrected chi connectivity index (χ3v) is 5.39. The minimum Gasteiger partial charge on any atom is -0.494 e. The fraction of sp³-hybridized carbons (Fsp3) is 0.480. The number of carbonyl (C=O) groups excluding carboxylic acids is 1. The molecule has 1 aliphatic heterocycles. The predicted octanol–water partition coefficient (Wildman–Crippen LogP) is 5.11. The number of pyridine rings is 1. The van der Waals surface area contributed by atoms with Gasteiger partial charge < -0.3 is 14.5 Å². The van der Waals surface area contributed by atoms with Crippen LogP contribution in [-0.4, -0.2) is 54.5 Å². The Morgan fingerprint density at radius 1 is 1.03 bits per heavy atom. The Hall–Kier alpha value is -3.09. The van der Waals surface area contributed by atoms with E-state index in [0.29, 0.717) is 13.2 Å². The standard InChI is InChI=1S/C25H34N4O3/c1-3-8-24(27-32-4-2)21-9-11-23(12-10-21)31-20-7-5-6-17-28-18-19-29(25(28)30)22-13-15-26-16-14-22/h9-16H,3-8,17-20H2,1-2H3/b27-24+. The quantitative estimate of drug-likeness (QED) is 0.247. The first kappa shape index (κ1) is 23.6. The normalized spacial score (nSPS) is 14.2. The van der Waals surface area contributed by atoms with Crippen LogP contribution in [-0.2, 0) is 4.84 Å². The van der Waals surface area contributed by atoms with Gasteiger partial charge in [0.15, 0.2) is 0 Å². The summed E-state index contributed by atoms with van der Waals surface area (Å²) in [5, 5.41) is 4.23. The molecule has 0 bridgehead atoms. The largest absolute Gasteiger partial charge is 0.494 e. The van der Waals surface area contributed by atoms with Crippen molar-refractivity contribution in [1.82, 2.24) is 9.88 Å². The van der Waals surface area contributed by atoms with Gasteiger partial charge in [0.2, 0.25) is 0 Å². The number of nitrogens with zero attached hydrogens (tertiary/aromatic N) is 4. The van der Waals surface area contributed by atoms with Crippen molar-refractivity contribution in [2.24, 2.45) is 5.16 Å². The van der Waals surface area contributed by atoms with E-state index in [0.717, 1.165) is 74.5 Å². The fourth-order valence-corrected chi connectivity index (χ4v) is 3.69. The van der Waals surface area contributed by atoms with Crippen LogP contribution in [0.2, 0.25) is 0 Å². The molecule has 0 radical (unpaired) electrons. The van der Waals surface area contributed by atoms with Crippen LogP contribution in [0, 0.1) is 0 Å². The summed E-state index contributed by atoms with van der Waals surface area (Å²) >= 11 is 0. The average molecular weight is 439 g/mol. The maximum atomic E-state index is 12.6. The molecule has 1 saturated heterocycles. The maximum Gasteiger partial charge on any atom is 0.324 e. The van der Waals surface area contributed by atoms with Crippen LogP contribution in [0.1, 0.15) is 51.5 Å². The van der Waals surface area contributed by atoms with Crippen molar-refractivity contribution in [3.63, 3.8) is 0 Å². The Morgan fingerprint density at radius 2 is 1.81 bits per heavy atom. The summed E-state index contributed by atoms with van der Waals surface area (Å²) < 4.78 is 5.88. The zero-order chi connectivity index (χ0) is 22.6. The molecule has 3 rings (SSSR count). The van der Waals surface area contributed by atoms with E-state index >= 15 is 0 Å². The smallest absolute Gasteiger partial charge is 0.324 e. The number of urea groups is 1.